The van der Waals surface area contributed by atoms with E-state index in [9.17, 15) is 5.11 Å². The number of hydrogen-bond acceptors (Lipinski definition) is 4. The van der Waals surface area contributed by atoms with Crippen LogP contribution in [-0.4, -0.2) is 56.3 Å². The third-order valence-corrected chi connectivity index (χ3v) is 6.76. The fourth-order valence-corrected chi connectivity index (χ4v) is 4.66. The Hall–Kier alpha value is -2.82. The van der Waals surface area contributed by atoms with Gasteiger partial charge in [0.05, 0.1) is 0 Å². The summed E-state index contributed by atoms with van der Waals surface area (Å²) in [5.74, 6) is 0. The zero-order valence-corrected chi connectivity index (χ0v) is 19.5. The highest BCUT2D eigenvalue weighted by Gasteiger charge is 2.34. The number of likely N-dealkylation sites (N-methyl/N-ethyl adjacent to an activating group) is 1. The molecule has 3 aromatic carbocycles. The molecule has 1 aliphatic rings. The van der Waals surface area contributed by atoms with E-state index in [2.05, 4.69) is 84.1 Å². The molecule has 0 saturated carbocycles. The van der Waals surface area contributed by atoms with E-state index in [0.29, 0.717) is 0 Å². The van der Waals surface area contributed by atoms with Crippen molar-refractivity contribution in [3.8, 4) is 0 Å². The van der Waals surface area contributed by atoms with Crippen LogP contribution >= 0.6 is 0 Å². The van der Waals surface area contributed by atoms with E-state index in [1.807, 2.05) is 30.3 Å². The number of rotatable bonds is 7. The molecule has 1 heterocycles. The van der Waals surface area contributed by atoms with Crippen molar-refractivity contribution in [1.29, 1.82) is 0 Å². The van der Waals surface area contributed by atoms with Crippen LogP contribution in [0.2, 0.25) is 0 Å². The van der Waals surface area contributed by atoms with Gasteiger partial charge in [0.15, 0.2) is 0 Å². The molecule has 32 heavy (non-hydrogen) atoms. The number of aliphatic hydroxyl groups is 1. The summed E-state index contributed by atoms with van der Waals surface area (Å²) in [7, 11) is 2.17. The van der Waals surface area contributed by atoms with Gasteiger partial charge in [-0.05, 0) is 61.9 Å². The third kappa shape index (κ3) is 4.38. The molecule has 1 N–H and O–H groups in total. The summed E-state index contributed by atoms with van der Waals surface area (Å²) < 4.78 is 0. The fourth-order valence-electron chi connectivity index (χ4n) is 4.66. The van der Waals surface area contributed by atoms with Gasteiger partial charge in [-0.15, -0.1) is 0 Å². The Labute approximate surface area is 192 Å². The molecule has 4 heteroatoms. The fraction of sp³-hybridized carbons (Fsp3) is 0.357. The lowest BCUT2D eigenvalue weighted by Crippen LogP contribution is -2.44. The SMILES string of the molecule is CCN(CC)c1ccc(C(O)(c2ccccc2)c2ccc(N3CCN(C)CC3)cc2)cc1. The summed E-state index contributed by atoms with van der Waals surface area (Å²) in [5.41, 5.74) is 3.84. The molecule has 1 saturated heterocycles. The van der Waals surface area contributed by atoms with Crippen LogP contribution in [0, 0.1) is 0 Å². The molecule has 4 nitrogen and oxygen atoms in total. The van der Waals surface area contributed by atoms with Gasteiger partial charge in [-0.3, -0.25) is 0 Å². The predicted octanol–water partition coefficient (Wildman–Crippen LogP) is 4.57. The number of piperazine rings is 1. The van der Waals surface area contributed by atoms with E-state index in [1.165, 1.54) is 11.4 Å². The molecule has 0 aliphatic carbocycles. The zero-order chi connectivity index (χ0) is 22.6. The maximum absolute atomic E-state index is 12.2. The highest BCUT2D eigenvalue weighted by atomic mass is 16.3. The van der Waals surface area contributed by atoms with E-state index in [0.717, 1.165) is 56.0 Å². The van der Waals surface area contributed by atoms with Crippen LogP contribution in [0.3, 0.4) is 0 Å². The van der Waals surface area contributed by atoms with Crippen LogP contribution in [0.1, 0.15) is 30.5 Å². The molecule has 168 valence electrons. The Balaban J connectivity index is 1.70. The maximum Gasteiger partial charge on any atom is 0.140 e. The molecule has 1 aliphatic heterocycles. The Morgan fingerprint density at radius 1 is 0.719 bits per heavy atom. The first-order valence-electron chi connectivity index (χ1n) is 11.7. The Morgan fingerprint density at radius 3 is 1.75 bits per heavy atom. The number of anilines is 2. The number of nitrogens with zero attached hydrogens (tertiary/aromatic N) is 3. The quantitative estimate of drug-likeness (QED) is 0.557. The van der Waals surface area contributed by atoms with Gasteiger partial charge < -0.3 is 19.8 Å². The molecular formula is C28H35N3O. The van der Waals surface area contributed by atoms with Crippen LogP contribution in [-0.2, 0) is 5.60 Å². The van der Waals surface area contributed by atoms with Gasteiger partial charge in [0, 0.05) is 50.6 Å². The van der Waals surface area contributed by atoms with Crippen molar-refractivity contribution in [2.75, 3.05) is 56.1 Å². The molecule has 1 atom stereocenters. The standard InChI is InChI=1S/C28H35N3O/c1-4-30(5-2)26-15-11-24(12-16-26)28(32,23-9-7-6-8-10-23)25-13-17-27(18-14-25)31-21-19-29(3)20-22-31/h6-18,32H,4-5,19-22H2,1-3H3. The van der Waals surface area contributed by atoms with E-state index in [4.69, 9.17) is 0 Å². The van der Waals surface area contributed by atoms with Gasteiger partial charge in [0.25, 0.3) is 0 Å². The molecule has 0 radical (unpaired) electrons. The number of hydrogen-bond donors (Lipinski definition) is 1. The summed E-state index contributed by atoms with van der Waals surface area (Å²) in [4.78, 5) is 7.10. The lowest BCUT2D eigenvalue weighted by Gasteiger charge is -2.35. The second-order valence-corrected chi connectivity index (χ2v) is 8.63. The van der Waals surface area contributed by atoms with Crippen molar-refractivity contribution in [2.24, 2.45) is 0 Å². The van der Waals surface area contributed by atoms with Crippen molar-refractivity contribution < 1.29 is 5.11 Å². The van der Waals surface area contributed by atoms with Gasteiger partial charge in [0.1, 0.15) is 5.60 Å². The van der Waals surface area contributed by atoms with E-state index < -0.39 is 5.60 Å². The highest BCUT2D eigenvalue weighted by Crippen LogP contribution is 2.38. The molecule has 1 fully saturated rings. The van der Waals surface area contributed by atoms with Gasteiger partial charge in [-0.2, -0.15) is 0 Å². The average molecular weight is 430 g/mol. The van der Waals surface area contributed by atoms with Gasteiger partial charge in [-0.1, -0.05) is 54.6 Å². The van der Waals surface area contributed by atoms with Crippen LogP contribution in [0.5, 0.6) is 0 Å². The second kappa shape index (κ2) is 9.76. The molecule has 0 bridgehead atoms. The van der Waals surface area contributed by atoms with Crippen LogP contribution in [0.25, 0.3) is 0 Å². The topological polar surface area (TPSA) is 30.0 Å². The molecule has 0 spiro atoms. The Kier molecular flexibility index (Phi) is 6.83. The average Bonchev–Trinajstić information content (AvgIpc) is 2.86. The minimum absolute atomic E-state index is 0.878. The first-order valence-corrected chi connectivity index (χ1v) is 11.7. The van der Waals surface area contributed by atoms with E-state index in [1.54, 1.807) is 0 Å². The molecule has 3 aromatic rings. The monoisotopic (exact) mass is 429 g/mol. The minimum atomic E-state index is -1.20. The first-order chi connectivity index (χ1) is 15.6. The summed E-state index contributed by atoms with van der Waals surface area (Å²) in [6, 6.07) is 26.8. The van der Waals surface area contributed by atoms with Crippen molar-refractivity contribution >= 4 is 11.4 Å². The largest absolute Gasteiger partial charge is 0.376 e. The lowest BCUT2D eigenvalue weighted by atomic mass is 9.80. The van der Waals surface area contributed by atoms with Gasteiger partial charge in [0.2, 0.25) is 0 Å². The van der Waals surface area contributed by atoms with Crippen LogP contribution < -0.4 is 9.80 Å². The first kappa shape index (κ1) is 22.4. The summed E-state index contributed by atoms with van der Waals surface area (Å²) >= 11 is 0. The Morgan fingerprint density at radius 2 is 1.22 bits per heavy atom. The summed E-state index contributed by atoms with van der Waals surface area (Å²) in [6.07, 6.45) is 0. The van der Waals surface area contributed by atoms with Crippen LogP contribution in [0.15, 0.2) is 78.9 Å². The molecule has 4 rings (SSSR count). The molecule has 0 aromatic heterocycles. The highest BCUT2D eigenvalue weighted by molar-refractivity contribution is 5.56. The van der Waals surface area contributed by atoms with E-state index in [-0.39, 0.29) is 0 Å². The van der Waals surface area contributed by atoms with Gasteiger partial charge >= 0.3 is 0 Å². The second-order valence-electron chi connectivity index (χ2n) is 8.63. The number of benzene rings is 3. The molecule has 0 amide bonds. The summed E-state index contributed by atoms with van der Waals surface area (Å²) in [5, 5.41) is 12.2. The molecular weight excluding hydrogens is 394 g/mol. The smallest absolute Gasteiger partial charge is 0.140 e. The van der Waals surface area contributed by atoms with Crippen molar-refractivity contribution in [2.45, 2.75) is 19.4 Å². The summed E-state index contributed by atoms with van der Waals surface area (Å²) in [6.45, 7) is 10.5. The minimum Gasteiger partial charge on any atom is -0.376 e. The van der Waals surface area contributed by atoms with Crippen molar-refractivity contribution in [3.63, 3.8) is 0 Å². The maximum atomic E-state index is 12.2. The predicted molar refractivity (Wildman–Crippen MR) is 135 cm³/mol. The van der Waals surface area contributed by atoms with Gasteiger partial charge in [-0.25, -0.2) is 0 Å². The normalized spacial score (nSPS) is 16.6. The lowest BCUT2D eigenvalue weighted by molar-refractivity contribution is 0.126. The Bertz CT molecular complexity index is 975. The van der Waals surface area contributed by atoms with Crippen molar-refractivity contribution in [3.05, 3.63) is 95.6 Å². The van der Waals surface area contributed by atoms with E-state index >= 15 is 0 Å². The zero-order valence-electron chi connectivity index (χ0n) is 19.5. The third-order valence-electron chi connectivity index (χ3n) is 6.76. The molecule has 1 unspecified atom stereocenters. The van der Waals surface area contributed by atoms with Crippen molar-refractivity contribution in [1.82, 2.24) is 4.90 Å². The van der Waals surface area contributed by atoms with Crippen LogP contribution in [0.4, 0.5) is 11.4 Å².